The van der Waals surface area contributed by atoms with Gasteiger partial charge in [0.2, 0.25) is 0 Å². The zero-order chi connectivity index (χ0) is 33.8. The number of azo groups is 1. The normalized spacial score (nSPS) is 11.8. The van der Waals surface area contributed by atoms with Gasteiger partial charge in [0.25, 0.3) is 0 Å². The van der Waals surface area contributed by atoms with Crippen molar-refractivity contribution in [2.45, 2.75) is 52.2 Å². The van der Waals surface area contributed by atoms with Gasteiger partial charge in [0.1, 0.15) is 28.3 Å². The number of carboxylic acids is 1. The SMILES string of the molecule is CC(C)(C)OC(=O)/N=N/C(=O)OC(C)(C)CCNC(=S)Nc1ccc(-c2c3ccc(=O)cc-3oc3cc(O)ccc23)c(C(=O)O)c1. The molecule has 0 radical (unpaired) electrons. The number of nitrogens with one attached hydrogen (secondary N) is 2. The topological polar surface area (TPSA) is 189 Å². The Bertz CT molecular complexity index is 1890. The Balaban J connectivity index is 1.47. The average Bonchev–Trinajstić information content (AvgIpc) is 2.93. The highest BCUT2D eigenvalue weighted by Gasteiger charge is 2.25. The van der Waals surface area contributed by atoms with Crippen molar-refractivity contribution in [2.75, 3.05) is 11.9 Å². The molecule has 0 atom stereocenters. The van der Waals surface area contributed by atoms with E-state index in [0.29, 0.717) is 34.2 Å². The highest BCUT2D eigenvalue weighted by atomic mass is 32.1. The van der Waals surface area contributed by atoms with Gasteiger partial charge >= 0.3 is 18.2 Å². The molecule has 4 N–H and O–H groups in total. The number of ether oxygens (including phenoxy) is 2. The molecule has 2 aromatic carbocycles. The van der Waals surface area contributed by atoms with E-state index in [0.717, 1.165) is 0 Å². The van der Waals surface area contributed by atoms with Gasteiger partial charge < -0.3 is 34.7 Å². The summed E-state index contributed by atoms with van der Waals surface area (Å²) >= 11 is 5.38. The van der Waals surface area contributed by atoms with E-state index in [1.807, 2.05) is 0 Å². The predicted octanol–water partition coefficient (Wildman–Crippen LogP) is 6.95. The summed E-state index contributed by atoms with van der Waals surface area (Å²) in [6.45, 7) is 8.51. The molecule has 1 aliphatic carbocycles. The van der Waals surface area contributed by atoms with Gasteiger partial charge in [-0.05, 0) is 88.8 Å². The minimum Gasteiger partial charge on any atom is -0.508 e. The lowest BCUT2D eigenvalue weighted by Crippen LogP contribution is -2.35. The summed E-state index contributed by atoms with van der Waals surface area (Å²) in [4.78, 5) is 48.2. The third kappa shape index (κ3) is 8.63. The molecule has 2 aromatic rings. The number of phenols is 1. The van der Waals surface area contributed by atoms with Gasteiger partial charge in [-0.15, -0.1) is 0 Å². The molecule has 2 amide bonds. The van der Waals surface area contributed by atoms with E-state index in [4.69, 9.17) is 26.1 Å². The number of aromatic hydroxyl groups is 1. The van der Waals surface area contributed by atoms with Crippen LogP contribution in [0, 0.1) is 0 Å². The molecule has 13 nitrogen and oxygen atoms in total. The molecule has 1 heterocycles. The van der Waals surface area contributed by atoms with Gasteiger partial charge in [0.05, 0.1) is 5.56 Å². The van der Waals surface area contributed by atoms with Gasteiger partial charge in [0.15, 0.2) is 10.5 Å². The molecule has 0 aromatic heterocycles. The summed E-state index contributed by atoms with van der Waals surface area (Å²) in [5.74, 6) is -1.01. The van der Waals surface area contributed by atoms with Crippen LogP contribution in [0.3, 0.4) is 0 Å². The Labute approximate surface area is 268 Å². The number of anilines is 1. The Morgan fingerprint density at radius 3 is 2.26 bits per heavy atom. The fourth-order valence-electron chi connectivity index (χ4n) is 4.49. The van der Waals surface area contributed by atoms with Crippen LogP contribution in [0.25, 0.3) is 33.4 Å². The molecule has 0 spiro atoms. The predicted molar refractivity (Wildman–Crippen MR) is 174 cm³/mol. The van der Waals surface area contributed by atoms with Crippen molar-refractivity contribution in [3.63, 3.8) is 0 Å². The van der Waals surface area contributed by atoms with E-state index in [9.17, 15) is 29.4 Å². The molecule has 1 aliphatic heterocycles. The standard InChI is InChI=1S/C32H32N4O9S/c1-31(2,3)44-29(41)35-36-30(42)45-32(4,5)12-13-33-28(46)34-17-6-9-20(23(14-17)27(39)40)26-21-10-7-18(37)15-24(21)43-25-16-19(38)8-11-22(25)26/h6-11,14-16,37H,12-13H2,1-5H3,(H,39,40)(H2,33,34,46)/b36-35+. The van der Waals surface area contributed by atoms with Crippen molar-refractivity contribution in [1.82, 2.24) is 5.32 Å². The van der Waals surface area contributed by atoms with E-state index in [1.54, 1.807) is 58.9 Å². The van der Waals surface area contributed by atoms with Crippen LogP contribution in [0.2, 0.25) is 0 Å². The Kier molecular flexibility index (Phi) is 9.71. The maximum Gasteiger partial charge on any atom is 0.453 e. The van der Waals surface area contributed by atoms with Crippen molar-refractivity contribution in [1.29, 1.82) is 0 Å². The zero-order valence-corrected chi connectivity index (χ0v) is 26.5. The molecule has 14 heteroatoms. The fraction of sp³-hybridized carbons (Fsp3) is 0.281. The fourth-order valence-corrected chi connectivity index (χ4v) is 4.71. The number of nitrogens with zero attached hydrogens (tertiary/aromatic N) is 2. The number of carbonyl (C=O) groups is 3. The van der Waals surface area contributed by atoms with E-state index in [2.05, 4.69) is 20.9 Å². The summed E-state index contributed by atoms with van der Waals surface area (Å²) in [6, 6.07) is 13.4. The number of aromatic carboxylic acids is 1. The van der Waals surface area contributed by atoms with Gasteiger partial charge in [0, 0.05) is 47.3 Å². The Hall–Kier alpha value is -5.37. The second-order valence-corrected chi connectivity index (χ2v) is 12.2. The number of fused-ring (bicyclic) bond motifs is 2. The number of thiocarbonyl (C=S) groups is 1. The largest absolute Gasteiger partial charge is 0.508 e. The van der Waals surface area contributed by atoms with Crippen molar-refractivity contribution >= 4 is 52.1 Å². The maximum atomic E-state index is 12.5. The third-order valence-electron chi connectivity index (χ3n) is 6.44. The lowest BCUT2D eigenvalue weighted by molar-refractivity contribution is 0.0373. The van der Waals surface area contributed by atoms with Crippen molar-refractivity contribution < 1.29 is 38.5 Å². The summed E-state index contributed by atoms with van der Waals surface area (Å²) in [5.41, 5.74) is -0.0536. The maximum absolute atomic E-state index is 12.5. The lowest BCUT2D eigenvalue weighted by atomic mass is 9.90. The number of carbonyl (C=O) groups excluding carboxylic acids is 2. The van der Waals surface area contributed by atoms with Crippen molar-refractivity contribution in [2.24, 2.45) is 10.2 Å². The molecule has 0 fully saturated rings. The summed E-state index contributed by atoms with van der Waals surface area (Å²) < 4.78 is 16.1. The first-order valence-electron chi connectivity index (χ1n) is 14.0. The number of rotatable bonds is 7. The molecule has 0 unspecified atom stereocenters. The van der Waals surface area contributed by atoms with E-state index < -0.39 is 29.4 Å². The van der Waals surface area contributed by atoms with Crippen LogP contribution < -0.4 is 16.1 Å². The van der Waals surface area contributed by atoms with Crippen LogP contribution in [0.4, 0.5) is 15.3 Å². The lowest BCUT2D eigenvalue weighted by Gasteiger charge is -2.24. The van der Waals surface area contributed by atoms with Crippen LogP contribution >= 0.6 is 12.2 Å². The number of carboxylic acid groups (broad SMARTS) is 1. The summed E-state index contributed by atoms with van der Waals surface area (Å²) in [6.07, 6.45) is -1.78. The van der Waals surface area contributed by atoms with Crippen molar-refractivity contribution in [3.05, 3.63) is 70.4 Å². The van der Waals surface area contributed by atoms with Crippen LogP contribution in [-0.2, 0) is 9.47 Å². The summed E-state index contributed by atoms with van der Waals surface area (Å²) in [7, 11) is 0. The van der Waals surface area contributed by atoms with Gasteiger partial charge in [-0.1, -0.05) is 16.3 Å². The molecule has 240 valence electrons. The average molecular weight is 649 g/mol. The van der Waals surface area contributed by atoms with Crippen molar-refractivity contribution in [3.8, 4) is 28.2 Å². The smallest absolute Gasteiger partial charge is 0.453 e. The van der Waals surface area contributed by atoms with E-state index in [-0.39, 0.29) is 39.7 Å². The number of benzene rings is 3. The van der Waals surface area contributed by atoms with Crippen LogP contribution in [-0.4, -0.2) is 51.2 Å². The highest BCUT2D eigenvalue weighted by molar-refractivity contribution is 7.80. The van der Waals surface area contributed by atoms with Crippen LogP contribution in [0.5, 0.6) is 5.75 Å². The first-order chi connectivity index (χ1) is 21.5. The Morgan fingerprint density at radius 2 is 1.59 bits per heavy atom. The molecule has 46 heavy (non-hydrogen) atoms. The highest BCUT2D eigenvalue weighted by Crippen LogP contribution is 2.42. The monoisotopic (exact) mass is 648 g/mol. The Morgan fingerprint density at radius 1 is 0.913 bits per heavy atom. The van der Waals surface area contributed by atoms with Gasteiger partial charge in [-0.3, -0.25) is 4.79 Å². The first kappa shape index (κ1) is 33.5. The van der Waals surface area contributed by atoms with Gasteiger partial charge in [-0.25, -0.2) is 14.4 Å². The minimum atomic E-state index is -1.20. The number of amides is 2. The number of phenolic OH excluding ortho intramolecular Hbond substituents is 1. The zero-order valence-electron chi connectivity index (χ0n) is 25.7. The molecule has 0 saturated carbocycles. The molecule has 0 saturated heterocycles. The quantitative estimate of drug-likeness (QED) is 0.0918. The second-order valence-electron chi connectivity index (χ2n) is 11.8. The molecule has 4 rings (SSSR count). The van der Waals surface area contributed by atoms with Crippen LogP contribution in [0.1, 0.15) is 51.4 Å². The van der Waals surface area contributed by atoms with Gasteiger partial charge in [-0.2, -0.15) is 0 Å². The van der Waals surface area contributed by atoms with E-state index >= 15 is 0 Å². The minimum absolute atomic E-state index is 0.0468. The molecular weight excluding hydrogens is 616 g/mol. The third-order valence-corrected chi connectivity index (χ3v) is 6.68. The van der Waals surface area contributed by atoms with Crippen LogP contribution in [0.15, 0.2) is 74.0 Å². The molecular formula is C32H32N4O9S. The second kappa shape index (κ2) is 13.3. The molecule has 0 bridgehead atoms. The van der Waals surface area contributed by atoms with E-state index in [1.165, 1.54) is 30.3 Å². The molecule has 2 aliphatic rings. The summed E-state index contributed by atoms with van der Waals surface area (Å²) in [5, 5.41) is 33.3. The number of hydrogen-bond acceptors (Lipinski definition) is 9. The first-order valence-corrected chi connectivity index (χ1v) is 14.4. The number of hydrogen-bond donors (Lipinski definition) is 4.